The average molecular weight is 263 g/mol. The maximum atomic E-state index is 11.8. The predicted octanol–water partition coefficient (Wildman–Crippen LogP) is -1.61. The molecule has 1 heterocycles. The molecule has 1 rings (SSSR count). The van der Waals surface area contributed by atoms with Gasteiger partial charge in [0.2, 0.25) is 5.91 Å². The zero-order valence-electron chi connectivity index (χ0n) is 10.5. The van der Waals surface area contributed by atoms with E-state index in [2.05, 4.69) is 5.32 Å². The molecule has 0 radical (unpaired) electrons. The van der Waals surface area contributed by atoms with Gasteiger partial charge in [0.05, 0.1) is 18.1 Å². The number of nitrogens with one attached hydrogen (secondary N) is 1. The molecule has 6 nitrogen and oxygen atoms in total. The summed E-state index contributed by atoms with van der Waals surface area (Å²) < 4.78 is 22.5. The third-order valence-corrected chi connectivity index (χ3v) is 4.53. The van der Waals surface area contributed by atoms with E-state index in [0.29, 0.717) is 26.2 Å². The highest BCUT2D eigenvalue weighted by Crippen LogP contribution is 2.03. The highest BCUT2D eigenvalue weighted by molar-refractivity contribution is 7.91. The monoisotopic (exact) mass is 263 g/mol. The molecule has 7 heteroatoms. The molecule has 1 aliphatic heterocycles. The van der Waals surface area contributed by atoms with Gasteiger partial charge in [-0.05, 0) is 7.05 Å². The standard InChI is InChI=1S/C10H21N3O3S/c1-11-3-4-12(2)10(14)9-13-5-7-17(15,16)8-6-13/h11H,3-9H2,1-2H3. The largest absolute Gasteiger partial charge is 0.343 e. The minimum absolute atomic E-state index is 0.0412. The molecule has 17 heavy (non-hydrogen) atoms. The Hall–Kier alpha value is -0.660. The Morgan fingerprint density at radius 2 is 1.94 bits per heavy atom. The zero-order chi connectivity index (χ0) is 12.9. The molecule has 100 valence electrons. The Labute approximate surface area is 103 Å². The maximum Gasteiger partial charge on any atom is 0.236 e. The van der Waals surface area contributed by atoms with Gasteiger partial charge in [-0.15, -0.1) is 0 Å². The van der Waals surface area contributed by atoms with Crippen molar-refractivity contribution in [3.63, 3.8) is 0 Å². The predicted molar refractivity (Wildman–Crippen MR) is 66.7 cm³/mol. The van der Waals surface area contributed by atoms with Gasteiger partial charge in [-0.1, -0.05) is 0 Å². The molecule has 1 N–H and O–H groups in total. The van der Waals surface area contributed by atoms with E-state index in [-0.39, 0.29) is 17.4 Å². The molecular weight excluding hydrogens is 242 g/mol. The van der Waals surface area contributed by atoms with Gasteiger partial charge in [-0.25, -0.2) is 8.42 Å². The fourth-order valence-electron chi connectivity index (χ4n) is 1.62. The summed E-state index contributed by atoms with van der Waals surface area (Å²) in [5.74, 6) is 0.376. The number of amides is 1. The normalized spacial score (nSPS) is 20.1. The van der Waals surface area contributed by atoms with Gasteiger partial charge in [0.25, 0.3) is 0 Å². The van der Waals surface area contributed by atoms with E-state index in [1.165, 1.54) is 0 Å². The number of carbonyl (C=O) groups excluding carboxylic acids is 1. The molecule has 1 aliphatic rings. The van der Waals surface area contributed by atoms with Gasteiger partial charge in [0, 0.05) is 33.2 Å². The van der Waals surface area contributed by atoms with Gasteiger partial charge in [-0.3, -0.25) is 9.69 Å². The van der Waals surface area contributed by atoms with Crippen molar-refractivity contribution in [2.75, 3.05) is 58.3 Å². The first-order valence-corrected chi connectivity index (χ1v) is 7.58. The Kier molecular flexibility index (Phi) is 5.35. The van der Waals surface area contributed by atoms with Crippen LogP contribution >= 0.6 is 0 Å². The van der Waals surface area contributed by atoms with Crippen LogP contribution in [-0.2, 0) is 14.6 Å². The topological polar surface area (TPSA) is 69.7 Å². The van der Waals surface area contributed by atoms with Crippen LogP contribution in [0, 0.1) is 0 Å². The first-order chi connectivity index (χ1) is 7.94. The van der Waals surface area contributed by atoms with Gasteiger partial charge < -0.3 is 10.2 Å². The van der Waals surface area contributed by atoms with E-state index < -0.39 is 9.84 Å². The van der Waals surface area contributed by atoms with Crippen LogP contribution in [0.2, 0.25) is 0 Å². The lowest BCUT2D eigenvalue weighted by Gasteiger charge is -2.27. The highest BCUT2D eigenvalue weighted by Gasteiger charge is 2.23. The summed E-state index contributed by atoms with van der Waals surface area (Å²) in [6, 6.07) is 0. The second-order valence-electron chi connectivity index (χ2n) is 4.35. The molecular formula is C10H21N3O3S. The molecule has 1 amide bonds. The van der Waals surface area contributed by atoms with Crippen LogP contribution in [0.3, 0.4) is 0 Å². The Balaban J connectivity index is 2.32. The SMILES string of the molecule is CNCCN(C)C(=O)CN1CCS(=O)(=O)CC1. The smallest absolute Gasteiger partial charge is 0.236 e. The number of hydrogen-bond donors (Lipinski definition) is 1. The number of likely N-dealkylation sites (N-methyl/N-ethyl adjacent to an activating group) is 2. The molecule has 1 saturated heterocycles. The Bertz CT molecular complexity index is 342. The average Bonchev–Trinajstić information content (AvgIpc) is 2.28. The Morgan fingerprint density at radius 1 is 1.35 bits per heavy atom. The van der Waals surface area contributed by atoms with Crippen molar-refractivity contribution in [1.82, 2.24) is 15.1 Å². The first kappa shape index (κ1) is 14.4. The van der Waals surface area contributed by atoms with E-state index in [1.54, 1.807) is 11.9 Å². The van der Waals surface area contributed by atoms with E-state index in [9.17, 15) is 13.2 Å². The minimum atomic E-state index is -2.86. The lowest BCUT2D eigenvalue weighted by Crippen LogP contribution is -2.46. The van der Waals surface area contributed by atoms with Crippen LogP contribution in [-0.4, -0.2) is 82.4 Å². The van der Waals surface area contributed by atoms with Crippen molar-refractivity contribution in [2.24, 2.45) is 0 Å². The lowest BCUT2D eigenvalue weighted by atomic mass is 10.4. The highest BCUT2D eigenvalue weighted by atomic mass is 32.2. The number of sulfone groups is 1. The second kappa shape index (κ2) is 6.32. The van der Waals surface area contributed by atoms with E-state index >= 15 is 0 Å². The number of nitrogens with zero attached hydrogens (tertiary/aromatic N) is 2. The molecule has 0 aromatic carbocycles. The Morgan fingerprint density at radius 3 is 2.47 bits per heavy atom. The van der Waals surface area contributed by atoms with Gasteiger partial charge in [0.1, 0.15) is 0 Å². The summed E-state index contributed by atoms with van der Waals surface area (Å²) in [6.45, 7) is 2.68. The van der Waals surface area contributed by atoms with E-state index in [0.717, 1.165) is 6.54 Å². The third-order valence-electron chi connectivity index (χ3n) is 2.92. The van der Waals surface area contributed by atoms with Crippen molar-refractivity contribution in [1.29, 1.82) is 0 Å². The quantitative estimate of drug-likeness (QED) is 0.646. The fraction of sp³-hybridized carbons (Fsp3) is 0.900. The van der Waals surface area contributed by atoms with Crippen LogP contribution in [0.5, 0.6) is 0 Å². The molecule has 0 atom stereocenters. The van der Waals surface area contributed by atoms with Crippen molar-refractivity contribution < 1.29 is 13.2 Å². The number of hydrogen-bond acceptors (Lipinski definition) is 5. The van der Waals surface area contributed by atoms with Gasteiger partial charge in [0.15, 0.2) is 9.84 Å². The van der Waals surface area contributed by atoms with Crippen LogP contribution in [0.4, 0.5) is 0 Å². The molecule has 1 fully saturated rings. The molecule has 0 aromatic heterocycles. The van der Waals surface area contributed by atoms with Crippen LogP contribution < -0.4 is 5.32 Å². The maximum absolute atomic E-state index is 11.8. The molecule has 0 unspecified atom stereocenters. The molecule has 0 spiro atoms. The molecule has 0 aliphatic carbocycles. The van der Waals surface area contributed by atoms with E-state index in [4.69, 9.17) is 0 Å². The van der Waals surface area contributed by atoms with E-state index in [1.807, 2.05) is 11.9 Å². The molecule has 0 aromatic rings. The third kappa shape index (κ3) is 5.01. The minimum Gasteiger partial charge on any atom is -0.343 e. The summed E-state index contributed by atoms with van der Waals surface area (Å²) in [7, 11) is 0.743. The summed E-state index contributed by atoms with van der Waals surface area (Å²) >= 11 is 0. The summed E-state index contributed by atoms with van der Waals surface area (Å²) in [6.07, 6.45) is 0. The molecule has 0 bridgehead atoms. The van der Waals surface area contributed by atoms with Crippen molar-refractivity contribution in [3.8, 4) is 0 Å². The van der Waals surface area contributed by atoms with Crippen molar-refractivity contribution in [2.45, 2.75) is 0 Å². The summed E-state index contributed by atoms with van der Waals surface area (Å²) in [5.41, 5.74) is 0. The van der Waals surface area contributed by atoms with Crippen molar-refractivity contribution in [3.05, 3.63) is 0 Å². The lowest BCUT2D eigenvalue weighted by molar-refractivity contribution is -0.131. The second-order valence-corrected chi connectivity index (χ2v) is 6.65. The summed E-state index contributed by atoms with van der Waals surface area (Å²) in [5, 5.41) is 2.98. The summed E-state index contributed by atoms with van der Waals surface area (Å²) in [4.78, 5) is 15.4. The first-order valence-electron chi connectivity index (χ1n) is 5.76. The number of carbonyl (C=O) groups is 1. The van der Waals surface area contributed by atoms with Crippen LogP contribution in [0.1, 0.15) is 0 Å². The fourth-order valence-corrected chi connectivity index (χ4v) is 2.90. The molecule has 0 saturated carbocycles. The number of rotatable bonds is 5. The van der Waals surface area contributed by atoms with Gasteiger partial charge in [-0.2, -0.15) is 0 Å². The van der Waals surface area contributed by atoms with Crippen LogP contribution in [0.15, 0.2) is 0 Å². The van der Waals surface area contributed by atoms with Gasteiger partial charge >= 0.3 is 0 Å². The van der Waals surface area contributed by atoms with Crippen LogP contribution in [0.25, 0.3) is 0 Å². The van der Waals surface area contributed by atoms with Crippen molar-refractivity contribution >= 4 is 15.7 Å². The zero-order valence-corrected chi connectivity index (χ0v) is 11.3.